The maximum Gasteiger partial charge on any atom is 0.354 e. The Labute approximate surface area is 104 Å². The Balaban J connectivity index is 2.33. The Bertz CT molecular complexity index is 578. The van der Waals surface area contributed by atoms with Gasteiger partial charge < -0.3 is 14.4 Å². The van der Waals surface area contributed by atoms with Gasteiger partial charge in [0.15, 0.2) is 0 Å². The highest BCUT2D eigenvalue weighted by Gasteiger charge is 2.13. The number of ether oxygens (including phenoxy) is 1. The third-order valence-electron chi connectivity index (χ3n) is 2.58. The standard InChI is InChI=1S/C12H13N3O3/c1-8-13-6-10(12(16)17)15(8)7-9-4-3-5-11(14-9)18-2/h3-6H,7H2,1-2H3,(H,16,17). The fourth-order valence-corrected chi connectivity index (χ4v) is 1.66. The molecule has 2 aromatic rings. The van der Waals surface area contributed by atoms with Crippen molar-refractivity contribution in [1.82, 2.24) is 14.5 Å². The van der Waals surface area contributed by atoms with Crippen LogP contribution in [0.2, 0.25) is 0 Å². The number of hydrogen-bond acceptors (Lipinski definition) is 4. The highest BCUT2D eigenvalue weighted by atomic mass is 16.5. The molecule has 2 aromatic heterocycles. The van der Waals surface area contributed by atoms with Gasteiger partial charge in [0, 0.05) is 6.07 Å². The lowest BCUT2D eigenvalue weighted by molar-refractivity contribution is 0.0685. The minimum absolute atomic E-state index is 0.150. The first-order valence-corrected chi connectivity index (χ1v) is 5.37. The number of carboxylic acid groups (broad SMARTS) is 1. The Hall–Kier alpha value is -2.37. The van der Waals surface area contributed by atoms with Crippen LogP contribution in [-0.2, 0) is 6.54 Å². The molecule has 0 spiro atoms. The van der Waals surface area contributed by atoms with Crippen LogP contribution in [0.15, 0.2) is 24.4 Å². The molecular formula is C12H13N3O3. The van der Waals surface area contributed by atoms with Crippen molar-refractivity contribution in [3.05, 3.63) is 41.6 Å². The molecule has 0 saturated heterocycles. The van der Waals surface area contributed by atoms with E-state index in [9.17, 15) is 4.79 Å². The molecule has 0 atom stereocenters. The zero-order valence-corrected chi connectivity index (χ0v) is 10.1. The lowest BCUT2D eigenvalue weighted by Gasteiger charge is -2.08. The third kappa shape index (κ3) is 2.32. The third-order valence-corrected chi connectivity index (χ3v) is 2.58. The van der Waals surface area contributed by atoms with Crippen LogP contribution < -0.4 is 4.74 Å². The summed E-state index contributed by atoms with van der Waals surface area (Å²) in [5.74, 6) is 0.137. The van der Waals surface area contributed by atoms with Gasteiger partial charge in [-0.15, -0.1) is 0 Å². The zero-order valence-electron chi connectivity index (χ0n) is 10.1. The smallest absolute Gasteiger partial charge is 0.354 e. The van der Waals surface area contributed by atoms with E-state index >= 15 is 0 Å². The number of aromatic carboxylic acids is 1. The predicted molar refractivity (Wildman–Crippen MR) is 63.8 cm³/mol. The molecule has 18 heavy (non-hydrogen) atoms. The molecular weight excluding hydrogens is 234 g/mol. The molecule has 6 nitrogen and oxygen atoms in total. The molecule has 0 fully saturated rings. The lowest BCUT2D eigenvalue weighted by atomic mass is 10.3. The number of rotatable bonds is 4. The number of aromatic nitrogens is 3. The maximum atomic E-state index is 11.0. The van der Waals surface area contributed by atoms with Crippen molar-refractivity contribution in [2.75, 3.05) is 7.11 Å². The van der Waals surface area contributed by atoms with E-state index < -0.39 is 5.97 Å². The van der Waals surface area contributed by atoms with E-state index in [0.717, 1.165) is 5.69 Å². The molecule has 6 heteroatoms. The van der Waals surface area contributed by atoms with Crippen LogP contribution in [0.4, 0.5) is 0 Å². The summed E-state index contributed by atoms with van der Waals surface area (Å²) in [6.07, 6.45) is 1.35. The Kier molecular flexibility index (Phi) is 3.27. The first kappa shape index (κ1) is 12.1. The quantitative estimate of drug-likeness (QED) is 0.882. The minimum atomic E-state index is -1.00. The van der Waals surface area contributed by atoms with Crippen LogP contribution in [0.5, 0.6) is 5.88 Å². The van der Waals surface area contributed by atoms with Gasteiger partial charge in [-0.3, -0.25) is 0 Å². The Morgan fingerprint density at radius 1 is 1.50 bits per heavy atom. The van der Waals surface area contributed by atoms with Gasteiger partial charge in [-0.25, -0.2) is 14.8 Å². The fourth-order valence-electron chi connectivity index (χ4n) is 1.66. The largest absolute Gasteiger partial charge is 0.481 e. The van der Waals surface area contributed by atoms with Crippen molar-refractivity contribution >= 4 is 5.97 Å². The fraction of sp³-hybridized carbons (Fsp3) is 0.250. The SMILES string of the molecule is COc1cccc(Cn2c(C(=O)O)cnc2C)n1. The second kappa shape index (κ2) is 4.87. The molecule has 0 unspecified atom stereocenters. The zero-order chi connectivity index (χ0) is 13.1. The second-order valence-electron chi connectivity index (χ2n) is 3.75. The van der Waals surface area contributed by atoms with E-state index in [1.807, 2.05) is 12.1 Å². The number of methoxy groups -OCH3 is 1. The molecule has 0 aliphatic rings. The summed E-state index contributed by atoms with van der Waals surface area (Å²) in [5.41, 5.74) is 0.870. The first-order valence-electron chi connectivity index (χ1n) is 5.37. The van der Waals surface area contributed by atoms with Crippen molar-refractivity contribution in [2.45, 2.75) is 13.5 Å². The number of nitrogens with zero attached hydrogens (tertiary/aromatic N) is 3. The van der Waals surface area contributed by atoms with Gasteiger partial charge >= 0.3 is 5.97 Å². The average Bonchev–Trinajstić information content (AvgIpc) is 2.71. The normalized spacial score (nSPS) is 10.3. The number of imidazole rings is 1. The monoisotopic (exact) mass is 247 g/mol. The Morgan fingerprint density at radius 3 is 2.94 bits per heavy atom. The predicted octanol–water partition coefficient (Wildman–Crippen LogP) is 1.34. The second-order valence-corrected chi connectivity index (χ2v) is 3.75. The van der Waals surface area contributed by atoms with Crippen LogP contribution in [0.1, 0.15) is 22.0 Å². The van der Waals surface area contributed by atoms with Crippen molar-refractivity contribution in [1.29, 1.82) is 0 Å². The molecule has 1 N–H and O–H groups in total. The summed E-state index contributed by atoms with van der Waals surface area (Å²) in [4.78, 5) is 19.3. The summed E-state index contributed by atoms with van der Waals surface area (Å²) < 4.78 is 6.63. The van der Waals surface area contributed by atoms with E-state index in [-0.39, 0.29) is 5.69 Å². The van der Waals surface area contributed by atoms with Crippen LogP contribution in [0.3, 0.4) is 0 Å². The van der Waals surface area contributed by atoms with Gasteiger partial charge in [-0.05, 0) is 13.0 Å². The number of pyridine rings is 1. The van der Waals surface area contributed by atoms with Crippen LogP contribution in [-0.4, -0.2) is 32.7 Å². The molecule has 0 aromatic carbocycles. The summed E-state index contributed by atoms with van der Waals surface area (Å²) in [7, 11) is 1.54. The van der Waals surface area contributed by atoms with Gasteiger partial charge in [-0.1, -0.05) is 6.07 Å². The van der Waals surface area contributed by atoms with Gasteiger partial charge in [0.1, 0.15) is 11.5 Å². The van der Waals surface area contributed by atoms with E-state index in [2.05, 4.69) is 9.97 Å². The summed E-state index contributed by atoms with van der Waals surface area (Å²) in [6.45, 7) is 2.11. The number of hydrogen-bond donors (Lipinski definition) is 1. The van der Waals surface area contributed by atoms with Crippen molar-refractivity contribution in [2.24, 2.45) is 0 Å². The van der Waals surface area contributed by atoms with Crippen molar-refractivity contribution in [3.63, 3.8) is 0 Å². The van der Waals surface area contributed by atoms with Crippen LogP contribution >= 0.6 is 0 Å². The molecule has 0 aliphatic carbocycles. The molecule has 0 bridgehead atoms. The van der Waals surface area contributed by atoms with E-state index in [0.29, 0.717) is 18.2 Å². The molecule has 0 amide bonds. The Morgan fingerprint density at radius 2 is 2.28 bits per heavy atom. The summed E-state index contributed by atoms with van der Waals surface area (Å²) in [5, 5.41) is 9.05. The molecule has 0 radical (unpaired) electrons. The highest BCUT2D eigenvalue weighted by Crippen LogP contribution is 2.11. The van der Waals surface area contributed by atoms with E-state index in [1.54, 1.807) is 17.6 Å². The van der Waals surface area contributed by atoms with E-state index in [1.165, 1.54) is 13.3 Å². The lowest BCUT2D eigenvalue weighted by Crippen LogP contribution is -2.11. The molecule has 0 aliphatic heterocycles. The average molecular weight is 247 g/mol. The molecule has 2 rings (SSSR count). The van der Waals surface area contributed by atoms with Crippen molar-refractivity contribution in [3.8, 4) is 5.88 Å². The molecule has 0 saturated carbocycles. The van der Waals surface area contributed by atoms with Crippen LogP contribution in [0.25, 0.3) is 0 Å². The maximum absolute atomic E-state index is 11.0. The summed E-state index contributed by atoms with van der Waals surface area (Å²) >= 11 is 0. The minimum Gasteiger partial charge on any atom is -0.481 e. The van der Waals surface area contributed by atoms with E-state index in [4.69, 9.17) is 9.84 Å². The molecule has 2 heterocycles. The van der Waals surface area contributed by atoms with Gasteiger partial charge in [0.2, 0.25) is 5.88 Å². The number of aryl methyl sites for hydroxylation is 1. The highest BCUT2D eigenvalue weighted by molar-refractivity contribution is 5.85. The van der Waals surface area contributed by atoms with Gasteiger partial charge in [0.25, 0.3) is 0 Å². The van der Waals surface area contributed by atoms with Crippen LogP contribution in [0, 0.1) is 6.92 Å². The van der Waals surface area contributed by atoms with Gasteiger partial charge in [0.05, 0.1) is 25.5 Å². The number of carbonyl (C=O) groups is 1. The first-order chi connectivity index (χ1) is 8.61. The topological polar surface area (TPSA) is 77.2 Å². The summed E-state index contributed by atoms with van der Waals surface area (Å²) in [6, 6.07) is 5.36. The van der Waals surface area contributed by atoms with Crippen molar-refractivity contribution < 1.29 is 14.6 Å². The van der Waals surface area contributed by atoms with Gasteiger partial charge in [-0.2, -0.15) is 0 Å². The molecule has 94 valence electrons. The number of carboxylic acids is 1.